The number of ether oxygens (including phenoxy) is 3. The SMILES string of the molecule is CCOC(=O)c1cnc(-c2ccc(OC)cc2)nc1N1CCC2(CC1)CC(=O)c1ccccc1O2. The first-order valence-corrected chi connectivity index (χ1v) is 11.8. The molecule has 0 radical (unpaired) electrons. The summed E-state index contributed by atoms with van der Waals surface area (Å²) in [7, 11) is 1.61. The van der Waals surface area contributed by atoms with Crippen LogP contribution in [0.2, 0.25) is 0 Å². The second kappa shape index (κ2) is 9.37. The van der Waals surface area contributed by atoms with Crippen molar-refractivity contribution in [1.82, 2.24) is 9.97 Å². The summed E-state index contributed by atoms with van der Waals surface area (Å²) in [5.74, 6) is 2.07. The molecule has 1 spiro atoms. The van der Waals surface area contributed by atoms with Crippen molar-refractivity contribution in [1.29, 1.82) is 0 Å². The fourth-order valence-corrected chi connectivity index (χ4v) is 4.69. The Balaban J connectivity index is 1.42. The third kappa shape index (κ3) is 4.43. The molecule has 1 aromatic heterocycles. The smallest absolute Gasteiger partial charge is 0.343 e. The van der Waals surface area contributed by atoms with E-state index in [4.69, 9.17) is 19.2 Å². The average Bonchev–Trinajstić information content (AvgIpc) is 2.89. The predicted octanol–water partition coefficient (Wildman–Crippen LogP) is 4.33. The highest BCUT2D eigenvalue weighted by Gasteiger charge is 2.43. The minimum atomic E-state index is -0.544. The molecule has 0 amide bonds. The lowest BCUT2D eigenvalue weighted by atomic mass is 9.82. The van der Waals surface area contributed by atoms with Crippen molar-refractivity contribution >= 4 is 17.6 Å². The summed E-state index contributed by atoms with van der Waals surface area (Å²) in [6.07, 6.45) is 3.15. The van der Waals surface area contributed by atoms with Gasteiger partial charge in [-0.1, -0.05) is 12.1 Å². The van der Waals surface area contributed by atoms with E-state index < -0.39 is 11.6 Å². The van der Waals surface area contributed by atoms with E-state index in [0.29, 0.717) is 60.9 Å². The number of nitrogens with zero attached hydrogens (tertiary/aromatic N) is 3. The third-order valence-corrected chi connectivity index (χ3v) is 6.58. The Labute approximate surface area is 203 Å². The zero-order chi connectivity index (χ0) is 24.4. The summed E-state index contributed by atoms with van der Waals surface area (Å²) in [4.78, 5) is 36.8. The van der Waals surface area contributed by atoms with E-state index in [1.54, 1.807) is 14.0 Å². The van der Waals surface area contributed by atoms with E-state index in [9.17, 15) is 9.59 Å². The normalized spacial score (nSPS) is 16.4. The van der Waals surface area contributed by atoms with Gasteiger partial charge in [-0.05, 0) is 43.3 Å². The number of piperidine rings is 1. The molecule has 3 aromatic rings. The molecular weight excluding hydrogens is 446 g/mol. The zero-order valence-electron chi connectivity index (χ0n) is 19.8. The molecule has 180 valence electrons. The van der Waals surface area contributed by atoms with Gasteiger partial charge in [0.1, 0.15) is 28.5 Å². The molecule has 5 rings (SSSR count). The lowest BCUT2D eigenvalue weighted by molar-refractivity contribution is 0.0231. The largest absolute Gasteiger partial charge is 0.497 e. The molecule has 0 unspecified atom stereocenters. The molecule has 1 saturated heterocycles. The maximum absolute atomic E-state index is 12.8. The predicted molar refractivity (Wildman–Crippen MR) is 130 cm³/mol. The van der Waals surface area contributed by atoms with E-state index in [2.05, 4.69) is 9.88 Å². The number of para-hydroxylation sites is 1. The van der Waals surface area contributed by atoms with Gasteiger partial charge in [-0.25, -0.2) is 14.8 Å². The van der Waals surface area contributed by atoms with Gasteiger partial charge < -0.3 is 19.1 Å². The van der Waals surface area contributed by atoms with Gasteiger partial charge in [0.15, 0.2) is 11.6 Å². The number of carbonyl (C=O) groups excluding carboxylic acids is 2. The van der Waals surface area contributed by atoms with Crippen LogP contribution in [-0.4, -0.2) is 54.1 Å². The number of fused-ring (bicyclic) bond motifs is 1. The van der Waals surface area contributed by atoms with Gasteiger partial charge in [-0.15, -0.1) is 0 Å². The van der Waals surface area contributed by atoms with Gasteiger partial charge in [0, 0.05) is 37.7 Å². The lowest BCUT2D eigenvalue weighted by Gasteiger charge is -2.44. The minimum Gasteiger partial charge on any atom is -0.497 e. The number of Topliss-reactive ketones (excluding diaryl/α,β-unsaturated/α-hetero) is 1. The van der Waals surface area contributed by atoms with E-state index in [0.717, 1.165) is 11.3 Å². The van der Waals surface area contributed by atoms with Crippen LogP contribution in [0.25, 0.3) is 11.4 Å². The van der Waals surface area contributed by atoms with Crippen molar-refractivity contribution in [3.05, 3.63) is 65.9 Å². The van der Waals surface area contributed by atoms with Gasteiger partial charge in [0.05, 0.1) is 25.7 Å². The third-order valence-electron chi connectivity index (χ3n) is 6.58. The van der Waals surface area contributed by atoms with Crippen molar-refractivity contribution in [3.8, 4) is 22.9 Å². The van der Waals surface area contributed by atoms with Crippen LogP contribution in [0.5, 0.6) is 11.5 Å². The summed E-state index contributed by atoms with van der Waals surface area (Å²) in [6, 6.07) is 14.9. The monoisotopic (exact) mass is 473 g/mol. The van der Waals surface area contributed by atoms with Gasteiger partial charge in [0.2, 0.25) is 0 Å². The van der Waals surface area contributed by atoms with Crippen molar-refractivity contribution in [2.45, 2.75) is 31.8 Å². The highest BCUT2D eigenvalue weighted by Crippen LogP contribution is 2.40. The molecule has 0 saturated carbocycles. The van der Waals surface area contributed by atoms with E-state index in [1.807, 2.05) is 48.5 Å². The number of rotatable bonds is 5. The summed E-state index contributed by atoms with van der Waals surface area (Å²) in [5.41, 5.74) is 1.24. The first-order chi connectivity index (χ1) is 17.0. The molecule has 8 heteroatoms. The van der Waals surface area contributed by atoms with Gasteiger partial charge in [-0.2, -0.15) is 0 Å². The van der Waals surface area contributed by atoms with Crippen LogP contribution < -0.4 is 14.4 Å². The van der Waals surface area contributed by atoms with Crippen LogP contribution in [0.3, 0.4) is 0 Å². The summed E-state index contributed by atoms with van der Waals surface area (Å²) < 4.78 is 16.9. The fraction of sp³-hybridized carbons (Fsp3) is 0.333. The van der Waals surface area contributed by atoms with Crippen LogP contribution in [0.1, 0.15) is 46.9 Å². The Bertz CT molecular complexity index is 1250. The minimum absolute atomic E-state index is 0.108. The number of methoxy groups -OCH3 is 1. The second-order valence-electron chi connectivity index (χ2n) is 8.75. The Morgan fingerprint density at radius 2 is 1.86 bits per heavy atom. The molecule has 0 atom stereocenters. The molecule has 1 fully saturated rings. The topological polar surface area (TPSA) is 90.9 Å². The Hall–Kier alpha value is -3.94. The Kier molecular flexibility index (Phi) is 6.11. The maximum atomic E-state index is 12.8. The van der Waals surface area contributed by atoms with Gasteiger partial charge in [-0.3, -0.25) is 4.79 Å². The summed E-state index contributed by atoms with van der Waals surface area (Å²) in [6.45, 7) is 3.20. The fourth-order valence-electron chi connectivity index (χ4n) is 4.69. The molecular formula is C27H27N3O5. The van der Waals surface area contributed by atoms with Crippen molar-refractivity contribution in [2.75, 3.05) is 31.7 Å². The van der Waals surface area contributed by atoms with E-state index >= 15 is 0 Å². The molecule has 0 aliphatic carbocycles. The molecule has 0 N–H and O–H groups in total. The number of hydrogen-bond donors (Lipinski definition) is 0. The second-order valence-corrected chi connectivity index (χ2v) is 8.75. The average molecular weight is 474 g/mol. The molecule has 2 aromatic carbocycles. The van der Waals surface area contributed by atoms with Crippen molar-refractivity contribution in [3.63, 3.8) is 0 Å². The molecule has 8 nitrogen and oxygen atoms in total. The molecule has 2 aliphatic heterocycles. The number of ketones is 1. The number of benzene rings is 2. The lowest BCUT2D eigenvalue weighted by Crippen LogP contribution is -2.51. The Morgan fingerprint density at radius 1 is 1.11 bits per heavy atom. The molecule has 35 heavy (non-hydrogen) atoms. The van der Waals surface area contributed by atoms with Crippen LogP contribution in [0.15, 0.2) is 54.7 Å². The van der Waals surface area contributed by atoms with Gasteiger partial charge >= 0.3 is 5.97 Å². The highest BCUT2D eigenvalue weighted by atomic mass is 16.5. The van der Waals surface area contributed by atoms with Crippen LogP contribution in [0.4, 0.5) is 5.82 Å². The van der Waals surface area contributed by atoms with E-state index in [-0.39, 0.29) is 12.4 Å². The maximum Gasteiger partial charge on any atom is 0.343 e. The van der Waals surface area contributed by atoms with Crippen LogP contribution in [0, 0.1) is 0 Å². The number of aromatic nitrogens is 2. The number of anilines is 1. The van der Waals surface area contributed by atoms with Crippen LogP contribution >= 0.6 is 0 Å². The summed E-state index contributed by atoms with van der Waals surface area (Å²) in [5, 5.41) is 0. The van der Waals surface area contributed by atoms with E-state index in [1.165, 1.54) is 6.20 Å². The first-order valence-electron chi connectivity index (χ1n) is 11.8. The quantitative estimate of drug-likeness (QED) is 0.506. The Morgan fingerprint density at radius 3 is 2.57 bits per heavy atom. The summed E-state index contributed by atoms with van der Waals surface area (Å²) >= 11 is 0. The number of carbonyl (C=O) groups is 2. The van der Waals surface area contributed by atoms with Crippen molar-refractivity contribution < 1.29 is 23.8 Å². The van der Waals surface area contributed by atoms with Crippen LogP contribution in [-0.2, 0) is 4.74 Å². The number of hydrogen-bond acceptors (Lipinski definition) is 8. The molecule has 0 bridgehead atoms. The first kappa shape index (κ1) is 22.8. The molecule has 3 heterocycles. The number of esters is 1. The zero-order valence-corrected chi connectivity index (χ0v) is 19.8. The van der Waals surface area contributed by atoms with Crippen molar-refractivity contribution in [2.24, 2.45) is 0 Å². The highest BCUT2D eigenvalue weighted by molar-refractivity contribution is 6.00. The standard InChI is InChI=1S/C27H27N3O5/c1-3-34-26(32)21-17-28-24(18-8-10-19(33-2)11-9-18)29-25(21)30-14-12-27(13-15-30)16-22(31)20-6-4-5-7-23(20)35-27/h4-11,17H,3,12-16H2,1-2H3. The molecule has 2 aliphatic rings. The van der Waals surface area contributed by atoms with Gasteiger partial charge in [0.25, 0.3) is 0 Å².